The molecule has 0 saturated carbocycles. The molecule has 0 fully saturated rings. The minimum Gasteiger partial charge on any atom is -0.464 e. The van der Waals surface area contributed by atoms with Crippen molar-refractivity contribution in [2.75, 3.05) is 19.7 Å². The first-order chi connectivity index (χ1) is 11.5. The minimum atomic E-state index is -0.705. The third-order valence-electron chi connectivity index (χ3n) is 4.38. The van der Waals surface area contributed by atoms with Crippen LogP contribution in [0.25, 0.3) is 10.9 Å². The Morgan fingerprint density at radius 2 is 2.00 bits per heavy atom. The molecule has 0 aliphatic carbocycles. The number of aromatic nitrogens is 1. The van der Waals surface area contributed by atoms with E-state index < -0.39 is 5.54 Å². The summed E-state index contributed by atoms with van der Waals surface area (Å²) in [5.74, 6) is -0.200. The molecule has 132 valence electrons. The molecule has 0 spiro atoms. The first-order valence-corrected chi connectivity index (χ1v) is 8.99. The highest BCUT2D eigenvalue weighted by Gasteiger charge is 2.31. The zero-order valence-corrected chi connectivity index (χ0v) is 15.4. The van der Waals surface area contributed by atoms with E-state index >= 15 is 0 Å². The average molecular weight is 330 g/mol. The van der Waals surface area contributed by atoms with E-state index in [1.165, 1.54) is 17.4 Å². The Bertz CT molecular complexity index is 673. The van der Waals surface area contributed by atoms with Crippen molar-refractivity contribution in [2.45, 2.75) is 52.5 Å². The summed E-state index contributed by atoms with van der Waals surface area (Å²) in [6.45, 7) is 10.4. The van der Waals surface area contributed by atoms with Crippen LogP contribution in [0.15, 0.2) is 30.5 Å². The van der Waals surface area contributed by atoms with Gasteiger partial charge in [-0.15, -0.1) is 0 Å². The Hall–Kier alpha value is -1.81. The third kappa shape index (κ3) is 4.18. The number of aryl methyl sites for hydroxylation is 1. The lowest BCUT2D eigenvalue weighted by molar-refractivity contribution is -0.151. The number of hydrogen-bond acceptors (Lipinski definition) is 3. The van der Waals surface area contributed by atoms with Gasteiger partial charge in [0, 0.05) is 11.7 Å². The molecular weight excluding hydrogens is 300 g/mol. The highest BCUT2D eigenvalue weighted by molar-refractivity contribution is 5.85. The van der Waals surface area contributed by atoms with Gasteiger partial charge in [-0.05, 0) is 82.3 Å². The lowest BCUT2D eigenvalue weighted by Crippen LogP contribution is -2.36. The van der Waals surface area contributed by atoms with Crippen molar-refractivity contribution >= 4 is 16.9 Å². The van der Waals surface area contributed by atoms with Gasteiger partial charge in [0.05, 0.1) is 6.61 Å². The van der Waals surface area contributed by atoms with Gasteiger partial charge in [-0.1, -0.05) is 13.0 Å². The van der Waals surface area contributed by atoms with E-state index in [-0.39, 0.29) is 5.97 Å². The zero-order valence-electron chi connectivity index (χ0n) is 15.4. The van der Waals surface area contributed by atoms with Crippen molar-refractivity contribution in [1.82, 2.24) is 9.88 Å². The third-order valence-corrected chi connectivity index (χ3v) is 4.38. The van der Waals surface area contributed by atoms with Gasteiger partial charge in [0.2, 0.25) is 0 Å². The van der Waals surface area contributed by atoms with Crippen molar-refractivity contribution in [1.29, 1.82) is 0 Å². The molecule has 2 rings (SSSR count). The molecule has 1 N–H and O–H groups in total. The molecule has 0 bridgehead atoms. The molecule has 4 heteroatoms. The standard InChI is InChI=1S/C20H30N2O2/c1-5-12-21-13-7-8-16-9-10-18-17(15-16)11-14-22(18)20(3,4)19(23)24-6-2/h9-11,14-15,21H,5-8,12-13H2,1-4H3. The van der Waals surface area contributed by atoms with Crippen LogP contribution in [0.3, 0.4) is 0 Å². The molecule has 2 aromatic rings. The number of rotatable bonds is 9. The van der Waals surface area contributed by atoms with Crippen LogP contribution in [0.1, 0.15) is 46.1 Å². The lowest BCUT2D eigenvalue weighted by atomic mass is 10.0. The maximum absolute atomic E-state index is 12.3. The van der Waals surface area contributed by atoms with Gasteiger partial charge >= 0.3 is 5.97 Å². The summed E-state index contributed by atoms with van der Waals surface area (Å²) < 4.78 is 7.23. The van der Waals surface area contributed by atoms with Crippen molar-refractivity contribution in [3.05, 3.63) is 36.0 Å². The summed E-state index contributed by atoms with van der Waals surface area (Å²) in [5, 5.41) is 4.61. The van der Waals surface area contributed by atoms with Crippen LogP contribution in [0.5, 0.6) is 0 Å². The Balaban J connectivity index is 2.12. The van der Waals surface area contributed by atoms with E-state index in [4.69, 9.17) is 4.74 Å². The number of benzene rings is 1. The monoisotopic (exact) mass is 330 g/mol. The molecule has 0 radical (unpaired) electrons. The van der Waals surface area contributed by atoms with Gasteiger partial charge in [0.25, 0.3) is 0 Å². The topological polar surface area (TPSA) is 43.3 Å². The maximum Gasteiger partial charge on any atom is 0.331 e. The van der Waals surface area contributed by atoms with E-state index in [0.29, 0.717) is 6.61 Å². The fourth-order valence-electron chi connectivity index (χ4n) is 2.96. The van der Waals surface area contributed by atoms with Gasteiger partial charge in [-0.3, -0.25) is 0 Å². The van der Waals surface area contributed by atoms with Crippen LogP contribution in [0.4, 0.5) is 0 Å². The van der Waals surface area contributed by atoms with E-state index in [2.05, 4.69) is 36.5 Å². The van der Waals surface area contributed by atoms with E-state index in [1.807, 2.05) is 31.5 Å². The molecule has 0 aliphatic rings. The Morgan fingerprint density at radius 1 is 1.21 bits per heavy atom. The molecule has 0 unspecified atom stereocenters. The number of nitrogens with one attached hydrogen (secondary N) is 1. The van der Waals surface area contributed by atoms with Gasteiger partial charge in [-0.2, -0.15) is 0 Å². The first kappa shape index (κ1) is 18.5. The van der Waals surface area contributed by atoms with Crippen LogP contribution in [-0.2, 0) is 21.5 Å². The van der Waals surface area contributed by atoms with Gasteiger partial charge in [0.1, 0.15) is 5.54 Å². The van der Waals surface area contributed by atoms with Gasteiger partial charge < -0.3 is 14.6 Å². The number of hydrogen-bond donors (Lipinski definition) is 1. The average Bonchev–Trinajstić information content (AvgIpc) is 2.98. The predicted octanol–water partition coefficient (Wildman–Crippen LogP) is 3.87. The zero-order chi connectivity index (χ0) is 17.6. The van der Waals surface area contributed by atoms with Gasteiger partial charge in [0.15, 0.2) is 0 Å². The largest absolute Gasteiger partial charge is 0.464 e. The van der Waals surface area contributed by atoms with Crippen LogP contribution in [0, 0.1) is 0 Å². The number of esters is 1. The molecule has 4 nitrogen and oxygen atoms in total. The van der Waals surface area contributed by atoms with Crippen LogP contribution < -0.4 is 5.32 Å². The van der Waals surface area contributed by atoms with Crippen molar-refractivity contribution in [2.24, 2.45) is 0 Å². The summed E-state index contributed by atoms with van der Waals surface area (Å²) in [6.07, 6.45) is 5.36. The Labute approximate surface area is 145 Å². The van der Waals surface area contributed by atoms with Crippen LogP contribution in [-0.4, -0.2) is 30.2 Å². The first-order valence-electron chi connectivity index (χ1n) is 8.99. The van der Waals surface area contributed by atoms with Crippen molar-refractivity contribution < 1.29 is 9.53 Å². The Morgan fingerprint density at radius 3 is 2.71 bits per heavy atom. The fourth-order valence-corrected chi connectivity index (χ4v) is 2.96. The molecule has 1 aromatic heterocycles. The molecular formula is C20H30N2O2. The lowest BCUT2D eigenvalue weighted by Gasteiger charge is -2.25. The second kappa shape index (κ2) is 8.34. The van der Waals surface area contributed by atoms with E-state index in [0.717, 1.165) is 31.4 Å². The van der Waals surface area contributed by atoms with E-state index in [9.17, 15) is 4.79 Å². The quantitative estimate of drug-likeness (QED) is 0.560. The van der Waals surface area contributed by atoms with Crippen LogP contribution >= 0.6 is 0 Å². The maximum atomic E-state index is 12.3. The molecule has 24 heavy (non-hydrogen) atoms. The Kier molecular flexibility index (Phi) is 6.44. The summed E-state index contributed by atoms with van der Waals surface area (Å²) in [5.41, 5.74) is 1.71. The number of fused-ring (bicyclic) bond motifs is 1. The molecule has 0 aliphatic heterocycles. The van der Waals surface area contributed by atoms with E-state index in [1.54, 1.807) is 0 Å². The SMILES string of the molecule is CCCNCCCc1ccc2c(ccn2C(C)(C)C(=O)OCC)c1. The summed E-state index contributed by atoms with van der Waals surface area (Å²) in [6, 6.07) is 8.59. The summed E-state index contributed by atoms with van der Waals surface area (Å²) >= 11 is 0. The second-order valence-corrected chi connectivity index (χ2v) is 6.71. The smallest absolute Gasteiger partial charge is 0.331 e. The summed E-state index contributed by atoms with van der Waals surface area (Å²) in [4.78, 5) is 12.3. The molecule has 0 amide bonds. The number of ether oxygens (including phenoxy) is 1. The summed E-state index contributed by atoms with van der Waals surface area (Å²) in [7, 11) is 0. The second-order valence-electron chi connectivity index (χ2n) is 6.71. The predicted molar refractivity (Wildman–Crippen MR) is 99.4 cm³/mol. The molecule has 1 aromatic carbocycles. The minimum absolute atomic E-state index is 0.200. The van der Waals surface area contributed by atoms with Gasteiger partial charge in [-0.25, -0.2) is 4.79 Å². The van der Waals surface area contributed by atoms with Crippen molar-refractivity contribution in [3.63, 3.8) is 0 Å². The highest BCUT2D eigenvalue weighted by Crippen LogP contribution is 2.26. The normalized spacial score (nSPS) is 11.8. The highest BCUT2D eigenvalue weighted by atomic mass is 16.5. The van der Waals surface area contributed by atoms with Crippen LogP contribution in [0.2, 0.25) is 0 Å². The number of carbonyl (C=O) groups is 1. The van der Waals surface area contributed by atoms with Crippen molar-refractivity contribution in [3.8, 4) is 0 Å². The molecule has 1 heterocycles. The number of nitrogens with zero attached hydrogens (tertiary/aromatic N) is 1. The fraction of sp³-hybridized carbons (Fsp3) is 0.550. The molecule has 0 saturated heterocycles. The number of carbonyl (C=O) groups excluding carboxylic acids is 1. The molecule has 0 atom stereocenters.